The largest absolute Gasteiger partial charge is 0.508 e. The number of benzene rings is 1. The molecule has 2 amide bonds. The lowest BCUT2D eigenvalue weighted by Crippen LogP contribution is -2.50. The molecule has 10 nitrogen and oxygen atoms in total. The molecule has 0 saturated carbocycles. The van der Waals surface area contributed by atoms with Gasteiger partial charge in [-0.05, 0) is 38.1 Å². The minimum atomic E-state index is -0.343. The highest BCUT2D eigenvalue weighted by Crippen LogP contribution is 2.29. The van der Waals surface area contributed by atoms with E-state index in [-0.39, 0.29) is 29.9 Å². The number of aryl methyl sites for hydroxylation is 1. The van der Waals surface area contributed by atoms with Crippen LogP contribution in [0.25, 0.3) is 0 Å². The number of nitrogens with zero attached hydrogens (tertiary/aromatic N) is 4. The maximum atomic E-state index is 12.6. The monoisotopic (exact) mass is 485 g/mol. The molecule has 1 aliphatic heterocycles. The molecule has 0 aliphatic carbocycles. The van der Waals surface area contributed by atoms with Gasteiger partial charge in [0.15, 0.2) is 0 Å². The molecule has 3 rings (SSSR count). The SMILES string of the molecule is CCN1CCN(C(=O)CN/C=C\C(N)=N/c2ncc(C(=O)Nc3c(C)ccc(O)c3C)s2)CC1. The number of nitrogens with two attached hydrogens (primary N) is 1. The van der Waals surface area contributed by atoms with Crippen molar-refractivity contribution >= 4 is 39.8 Å². The molecule has 1 aromatic heterocycles. The van der Waals surface area contributed by atoms with Crippen LogP contribution in [0.5, 0.6) is 5.75 Å². The van der Waals surface area contributed by atoms with E-state index in [4.69, 9.17) is 5.73 Å². The lowest BCUT2D eigenvalue weighted by atomic mass is 10.1. The van der Waals surface area contributed by atoms with Crippen molar-refractivity contribution in [2.45, 2.75) is 20.8 Å². The molecule has 5 N–H and O–H groups in total. The van der Waals surface area contributed by atoms with Gasteiger partial charge in [0.05, 0.1) is 18.4 Å². The number of aromatic hydroxyl groups is 1. The first kappa shape index (κ1) is 25.2. The number of aliphatic imine (C=N–C) groups is 1. The number of amidine groups is 1. The van der Waals surface area contributed by atoms with E-state index in [2.05, 4.69) is 32.4 Å². The van der Waals surface area contributed by atoms with Crippen molar-refractivity contribution in [1.82, 2.24) is 20.1 Å². The fourth-order valence-corrected chi connectivity index (χ4v) is 4.19. The molecular weight excluding hydrogens is 454 g/mol. The first-order chi connectivity index (χ1) is 16.3. The smallest absolute Gasteiger partial charge is 0.267 e. The molecule has 1 fully saturated rings. The van der Waals surface area contributed by atoms with Gasteiger partial charge < -0.3 is 31.3 Å². The second-order valence-electron chi connectivity index (χ2n) is 7.93. The van der Waals surface area contributed by atoms with Crippen LogP contribution in [0.2, 0.25) is 0 Å². The Morgan fingerprint density at radius 2 is 2.00 bits per heavy atom. The van der Waals surface area contributed by atoms with Crippen molar-refractivity contribution in [3.63, 3.8) is 0 Å². The molecule has 34 heavy (non-hydrogen) atoms. The van der Waals surface area contributed by atoms with E-state index < -0.39 is 0 Å². The molecule has 2 heterocycles. The lowest BCUT2D eigenvalue weighted by molar-refractivity contribution is -0.131. The van der Waals surface area contributed by atoms with Crippen molar-refractivity contribution < 1.29 is 14.7 Å². The first-order valence-corrected chi connectivity index (χ1v) is 11.9. The Morgan fingerprint density at radius 3 is 2.71 bits per heavy atom. The molecule has 1 aliphatic rings. The zero-order valence-electron chi connectivity index (χ0n) is 19.7. The molecular formula is C23H31N7O3S. The van der Waals surface area contributed by atoms with Gasteiger partial charge in [-0.3, -0.25) is 9.59 Å². The summed E-state index contributed by atoms with van der Waals surface area (Å²) in [4.78, 5) is 37.7. The summed E-state index contributed by atoms with van der Waals surface area (Å²) < 4.78 is 0. The number of thiazole rings is 1. The number of rotatable bonds is 8. The molecule has 0 bridgehead atoms. The van der Waals surface area contributed by atoms with Crippen LogP contribution in [0.15, 0.2) is 35.6 Å². The minimum Gasteiger partial charge on any atom is -0.508 e. The zero-order valence-corrected chi connectivity index (χ0v) is 20.5. The fraction of sp³-hybridized carbons (Fsp3) is 0.391. The third kappa shape index (κ3) is 6.55. The van der Waals surface area contributed by atoms with E-state index in [1.54, 1.807) is 31.3 Å². The Bertz CT molecular complexity index is 1090. The number of likely N-dealkylation sites (N-methyl/N-ethyl adjacent to an activating group) is 1. The number of hydrogen-bond donors (Lipinski definition) is 4. The second-order valence-corrected chi connectivity index (χ2v) is 8.94. The van der Waals surface area contributed by atoms with Crippen LogP contribution in [0.3, 0.4) is 0 Å². The maximum Gasteiger partial charge on any atom is 0.267 e. The topological polar surface area (TPSA) is 136 Å². The molecule has 1 saturated heterocycles. The highest BCUT2D eigenvalue weighted by atomic mass is 32.1. The van der Waals surface area contributed by atoms with Crippen molar-refractivity contribution in [2.75, 3.05) is 44.6 Å². The summed E-state index contributed by atoms with van der Waals surface area (Å²) in [5, 5.41) is 16.0. The molecule has 2 aromatic rings. The van der Waals surface area contributed by atoms with Crippen LogP contribution in [0.1, 0.15) is 27.7 Å². The number of phenolic OH excluding ortho intramolecular Hbond substituents is 1. The summed E-state index contributed by atoms with van der Waals surface area (Å²) in [7, 11) is 0. The average molecular weight is 486 g/mol. The number of amides is 2. The van der Waals surface area contributed by atoms with Gasteiger partial charge in [-0.1, -0.05) is 24.3 Å². The van der Waals surface area contributed by atoms with E-state index in [1.165, 1.54) is 6.20 Å². The Hall–Kier alpha value is -3.44. The Kier molecular flexibility index (Phi) is 8.61. The van der Waals surface area contributed by atoms with E-state index in [0.29, 0.717) is 21.3 Å². The van der Waals surface area contributed by atoms with Gasteiger partial charge in [0.1, 0.15) is 16.5 Å². The summed E-state index contributed by atoms with van der Waals surface area (Å²) in [6, 6.07) is 3.33. The fourth-order valence-electron chi connectivity index (χ4n) is 3.49. The molecule has 182 valence electrons. The highest BCUT2D eigenvalue weighted by molar-refractivity contribution is 7.17. The predicted octanol–water partition coefficient (Wildman–Crippen LogP) is 1.97. The number of phenols is 1. The number of hydrogen-bond acceptors (Lipinski definition) is 8. The zero-order chi connectivity index (χ0) is 24.7. The van der Waals surface area contributed by atoms with Gasteiger partial charge in [-0.2, -0.15) is 0 Å². The Balaban J connectivity index is 1.50. The van der Waals surface area contributed by atoms with Crippen molar-refractivity contribution in [2.24, 2.45) is 10.7 Å². The standard InChI is InChI=1S/C23H31N7O3S/c1-4-29-9-11-30(12-10-29)20(32)14-25-8-7-19(24)27-23-26-13-18(34-23)22(33)28-21-15(2)5-6-17(31)16(21)3/h5-8,13,25,31H,4,9-12,14H2,1-3H3,(H,28,33)(H2,24,26,27)/b8-7-. The van der Waals surface area contributed by atoms with Gasteiger partial charge in [0, 0.05) is 37.9 Å². The third-order valence-corrected chi connectivity index (χ3v) is 6.51. The average Bonchev–Trinajstić information content (AvgIpc) is 3.30. The summed E-state index contributed by atoms with van der Waals surface area (Å²) in [6.45, 7) is 10.2. The number of nitrogens with one attached hydrogen (secondary N) is 2. The van der Waals surface area contributed by atoms with Crippen LogP contribution in [0, 0.1) is 13.8 Å². The Labute approximate surface area is 203 Å². The molecule has 0 unspecified atom stereocenters. The van der Waals surface area contributed by atoms with Crippen LogP contribution in [-0.2, 0) is 4.79 Å². The van der Waals surface area contributed by atoms with Crippen molar-refractivity contribution in [1.29, 1.82) is 0 Å². The molecule has 11 heteroatoms. The quantitative estimate of drug-likeness (QED) is 0.331. The minimum absolute atomic E-state index is 0.0451. The van der Waals surface area contributed by atoms with E-state index in [0.717, 1.165) is 49.6 Å². The molecule has 0 radical (unpaired) electrons. The summed E-state index contributed by atoms with van der Waals surface area (Å²) in [6.07, 6.45) is 4.55. The van der Waals surface area contributed by atoms with Crippen LogP contribution < -0.4 is 16.4 Å². The molecule has 0 atom stereocenters. The van der Waals surface area contributed by atoms with E-state index in [1.807, 2.05) is 11.8 Å². The predicted molar refractivity (Wildman–Crippen MR) is 135 cm³/mol. The summed E-state index contributed by atoms with van der Waals surface area (Å²) in [5.41, 5.74) is 7.93. The van der Waals surface area contributed by atoms with Gasteiger partial charge >= 0.3 is 0 Å². The summed E-state index contributed by atoms with van der Waals surface area (Å²) in [5.74, 6) is 0.00966. The van der Waals surface area contributed by atoms with Gasteiger partial charge in [-0.25, -0.2) is 9.98 Å². The van der Waals surface area contributed by atoms with Crippen LogP contribution >= 0.6 is 11.3 Å². The van der Waals surface area contributed by atoms with Crippen molar-refractivity contribution in [3.05, 3.63) is 46.6 Å². The Morgan fingerprint density at radius 1 is 1.26 bits per heavy atom. The number of aromatic nitrogens is 1. The maximum absolute atomic E-state index is 12.6. The van der Waals surface area contributed by atoms with Gasteiger partial charge in [0.2, 0.25) is 11.0 Å². The summed E-state index contributed by atoms with van der Waals surface area (Å²) >= 11 is 1.10. The highest BCUT2D eigenvalue weighted by Gasteiger charge is 2.19. The normalized spacial score (nSPS) is 15.0. The van der Waals surface area contributed by atoms with E-state index >= 15 is 0 Å². The second kappa shape index (κ2) is 11.6. The molecule has 1 aromatic carbocycles. The van der Waals surface area contributed by atoms with Gasteiger partial charge in [-0.15, -0.1) is 0 Å². The van der Waals surface area contributed by atoms with Crippen LogP contribution in [-0.4, -0.2) is 76.8 Å². The van der Waals surface area contributed by atoms with Gasteiger partial charge in [0.25, 0.3) is 5.91 Å². The van der Waals surface area contributed by atoms with E-state index in [9.17, 15) is 14.7 Å². The van der Waals surface area contributed by atoms with Crippen LogP contribution in [0.4, 0.5) is 10.8 Å². The number of anilines is 1. The number of carbonyl (C=O) groups is 2. The first-order valence-electron chi connectivity index (χ1n) is 11.1. The lowest BCUT2D eigenvalue weighted by Gasteiger charge is -2.34. The van der Waals surface area contributed by atoms with Crippen molar-refractivity contribution in [3.8, 4) is 5.75 Å². The molecule has 0 spiro atoms. The third-order valence-electron chi connectivity index (χ3n) is 5.62. The number of piperazine rings is 1. The number of carbonyl (C=O) groups excluding carboxylic acids is 2.